The third kappa shape index (κ3) is 4.88. The number of amides is 1. The molecule has 7 heteroatoms. The van der Waals surface area contributed by atoms with Crippen LogP contribution >= 0.6 is 11.3 Å². The lowest BCUT2D eigenvalue weighted by atomic mass is 9.90. The molecule has 1 atom stereocenters. The molecule has 1 heterocycles. The lowest BCUT2D eigenvalue weighted by Gasteiger charge is -2.24. The molecule has 1 amide bonds. The maximum absolute atomic E-state index is 14.2. The second-order valence-corrected chi connectivity index (χ2v) is 8.10. The number of hydrogen-bond donors (Lipinski definition) is 0. The Morgan fingerprint density at radius 3 is 2.68 bits per heavy atom. The number of halogens is 1. The van der Waals surface area contributed by atoms with Gasteiger partial charge in [-0.25, -0.2) is 14.2 Å². The Labute approximate surface area is 183 Å². The topological polar surface area (TPSA) is 59.5 Å². The highest BCUT2D eigenvalue weighted by atomic mass is 32.1. The molecule has 1 aliphatic rings. The molecular formula is C24H21FN2O3S. The number of anilines is 2. The van der Waals surface area contributed by atoms with Crippen molar-refractivity contribution in [2.75, 3.05) is 4.90 Å². The predicted octanol–water partition coefficient (Wildman–Crippen LogP) is 5.08. The predicted molar refractivity (Wildman–Crippen MR) is 119 cm³/mol. The summed E-state index contributed by atoms with van der Waals surface area (Å²) in [6, 6.07) is 14.2. The first-order valence-electron chi connectivity index (χ1n) is 9.97. The Hall–Kier alpha value is -3.32. The minimum Gasteiger partial charge on any atom is -0.459 e. The van der Waals surface area contributed by atoms with E-state index in [9.17, 15) is 14.0 Å². The standard InChI is InChI=1S/C24H21FN2O3S/c1-16(28)27(22-9-5-4-8-21(22)25)24-26-19(15-31-24)11-13-23(29)30-20-12-10-17-6-2-3-7-18(17)14-20/h2-9,11,13,15,20H,10,12,14H2,1H3/b13-11+. The number of benzene rings is 2. The summed E-state index contributed by atoms with van der Waals surface area (Å²) < 4.78 is 19.8. The Balaban J connectivity index is 1.42. The molecule has 0 fully saturated rings. The molecular weight excluding hydrogens is 415 g/mol. The number of nitrogens with zero attached hydrogens (tertiary/aromatic N) is 2. The van der Waals surface area contributed by atoms with E-state index in [1.807, 2.05) is 12.1 Å². The molecule has 158 valence electrons. The molecule has 5 nitrogen and oxygen atoms in total. The van der Waals surface area contributed by atoms with Crippen LogP contribution in [0.3, 0.4) is 0 Å². The van der Waals surface area contributed by atoms with Gasteiger partial charge < -0.3 is 4.74 Å². The summed E-state index contributed by atoms with van der Waals surface area (Å²) in [6.07, 6.45) is 5.14. The van der Waals surface area contributed by atoms with E-state index in [4.69, 9.17) is 4.74 Å². The van der Waals surface area contributed by atoms with E-state index in [0.717, 1.165) is 12.8 Å². The maximum Gasteiger partial charge on any atom is 0.331 e. The number of aryl methyl sites for hydroxylation is 1. The molecule has 0 N–H and O–H groups in total. The Kier molecular flexibility index (Phi) is 6.23. The van der Waals surface area contributed by atoms with Gasteiger partial charge in [-0.2, -0.15) is 0 Å². The van der Waals surface area contributed by atoms with Gasteiger partial charge in [0, 0.05) is 24.8 Å². The number of carbonyl (C=O) groups excluding carboxylic acids is 2. The highest BCUT2D eigenvalue weighted by molar-refractivity contribution is 7.14. The molecule has 2 aromatic carbocycles. The molecule has 0 radical (unpaired) electrons. The van der Waals surface area contributed by atoms with Crippen molar-refractivity contribution in [3.05, 3.63) is 82.6 Å². The molecule has 31 heavy (non-hydrogen) atoms. The van der Waals surface area contributed by atoms with Crippen molar-refractivity contribution in [3.63, 3.8) is 0 Å². The Morgan fingerprint density at radius 2 is 1.90 bits per heavy atom. The van der Waals surface area contributed by atoms with Gasteiger partial charge in [0.05, 0.1) is 11.4 Å². The van der Waals surface area contributed by atoms with Gasteiger partial charge in [0.1, 0.15) is 11.9 Å². The van der Waals surface area contributed by atoms with E-state index in [1.165, 1.54) is 52.5 Å². The van der Waals surface area contributed by atoms with Crippen molar-refractivity contribution in [2.45, 2.75) is 32.3 Å². The van der Waals surface area contributed by atoms with Gasteiger partial charge >= 0.3 is 5.97 Å². The smallest absolute Gasteiger partial charge is 0.331 e. The summed E-state index contributed by atoms with van der Waals surface area (Å²) in [5.74, 6) is -1.30. The Bertz CT molecular complexity index is 1140. The molecule has 3 aromatic rings. The summed E-state index contributed by atoms with van der Waals surface area (Å²) in [5.41, 5.74) is 3.16. The van der Waals surface area contributed by atoms with Crippen molar-refractivity contribution < 1.29 is 18.7 Å². The molecule has 0 saturated carbocycles. The van der Waals surface area contributed by atoms with Crippen LogP contribution in [0.5, 0.6) is 0 Å². The highest BCUT2D eigenvalue weighted by Crippen LogP contribution is 2.31. The third-order valence-corrected chi connectivity index (χ3v) is 5.93. The summed E-state index contributed by atoms with van der Waals surface area (Å²) >= 11 is 1.19. The Morgan fingerprint density at radius 1 is 1.16 bits per heavy atom. The molecule has 1 unspecified atom stereocenters. The lowest BCUT2D eigenvalue weighted by Crippen LogP contribution is -2.24. The van der Waals surface area contributed by atoms with Crippen molar-refractivity contribution in [1.82, 2.24) is 4.98 Å². The highest BCUT2D eigenvalue weighted by Gasteiger charge is 2.22. The van der Waals surface area contributed by atoms with Gasteiger partial charge in [0.15, 0.2) is 5.13 Å². The quantitative estimate of drug-likeness (QED) is 0.413. The van der Waals surface area contributed by atoms with Gasteiger partial charge in [-0.3, -0.25) is 9.69 Å². The lowest BCUT2D eigenvalue weighted by molar-refractivity contribution is -0.143. The number of aromatic nitrogens is 1. The maximum atomic E-state index is 14.2. The zero-order valence-electron chi connectivity index (χ0n) is 17.0. The normalized spacial score (nSPS) is 15.5. The number of para-hydroxylation sites is 1. The van der Waals surface area contributed by atoms with Crippen LogP contribution in [0.2, 0.25) is 0 Å². The SMILES string of the molecule is CC(=O)N(c1nc(/C=C/C(=O)OC2CCc3ccccc3C2)cs1)c1ccccc1F. The fourth-order valence-electron chi connectivity index (χ4n) is 3.62. The van der Waals surface area contributed by atoms with Crippen molar-refractivity contribution >= 4 is 40.1 Å². The van der Waals surface area contributed by atoms with Gasteiger partial charge in [-0.1, -0.05) is 36.4 Å². The van der Waals surface area contributed by atoms with Crippen LogP contribution in [0.25, 0.3) is 6.08 Å². The van der Waals surface area contributed by atoms with E-state index >= 15 is 0 Å². The monoisotopic (exact) mass is 436 g/mol. The number of thiazole rings is 1. The molecule has 0 spiro atoms. The third-order valence-electron chi connectivity index (χ3n) is 5.08. The van der Waals surface area contributed by atoms with Gasteiger partial charge in [0.2, 0.25) is 5.91 Å². The fraction of sp³-hybridized carbons (Fsp3) is 0.208. The van der Waals surface area contributed by atoms with E-state index < -0.39 is 11.8 Å². The van der Waals surface area contributed by atoms with Crippen LogP contribution in [0.15, 0.2) is 60.0 Å². The first-order chi connectivity index (χ1) is 15.0. The summed E-state index contributed by atoms with van der Waals surface area (Å²) in [7, 11) is 0. The van der Waals surface area contributed by atoms with E-state index in [1.54, 1.807) is 23.6 Å². The zero-order valence-corrected chi connectivity index (χ0v) is 17.8. The average Bonchev–Trinajstić information content (AvgIpc) is 3.22. The van der Waals surface area contributed by atoms with Crippen LogP contribution in [-0.4, -0.2) is 23.0 Å². The van der Waals surface area contributed by atoms with Gasteiger partial charge in [0.25, 0.3) is 0 Å². The van der Waals surface area contributed by atoms with Crippen LogP contribution in [0, 0.1) is 5.82 Å². The van der Waals surface area contributed by atoms with Crippen LogP contribution in [-0.2, 0) is 27.2 Å². The van der Waals surface area contributed by atoms with Crippen LogP contribution in [0.4, 0.5) is 15.2 Å². The minimum atomic E-state index is -0.511. The number of hydrogen-bond acceptors (Lipinski definition) is 5. The first kappa shape index (κ1) is 20.9. The summed E-state index contributed by atoms with van der Waals surface area (Å²) in [4.78, 5) is 30.0. The number of esters is 1. The summed E-state index contributed by atoms with van der Waals surface area (Å²) in [6.45, 7) is 1.35. The fourth-order valence-corrected chi connectivity index (χ4v) is 4.47. The molecule has 4 rings (SSSR count). The van der Waals surface area contributed by atoms with E-state index in [0.29, 0.717) is 17.2 Å². The average molecular weight is 437 g/mol. The second kappa shape index (κ2) is 9.22. The van der Waals surface area contributed by atoms with Crippen molar-refractivity contribution in [1.29, 1.82) is 0 Å². The zero-order chi connectivity index (χ0) is 21.8. The molecule has 1 aliphatic carbocycles. The van der Waals surface area contributed by atoms with Crippen molar-refractivity contribution in [2.24, 2.45) is 0 Å². The van der Waals surface area contributed by atoms with Gasteiger partial charge in [-0.05, 0) is 42.2 Å². The molecule has 0 saturated heterocycles. The molecule has 0 bridgehead atoms. The minimum absolute atomic E-state index is 0.136. The van der Waals surface area contributed by atoms with E-state index in [2.05, 4.69) is 17.1 Å². The summed E-state index contributed by atoms with van der Waals surface area (Å²) in [5, 5.41) is 2.03. The van der Waals surface area contributed by atoms with Crippen LogP contribution < -0.4 is 4.90 Å². The largest absolute Gasteiger partial charge is 0.459 e. The number of ether oxygens (including phenoxy) is 1. The second-order valence-electron chi connectivity index (χ2n) is 7.26. The van der Waals surface area contributed by atoms with Gasteiger partial charge in [-0.15, -0.1) is 11.3 Å². The van der Waals surface area contributed by atoms with Crippen molar-refractivity contribution in [3.8, 4) is 0 Å². The first-order valence-corrected chi connectivity index (χ1v) is 10.9. The molecule has 1 aromatic heterocycles. The van der Waals surface area contributed by atoms with E-state index in [-0.39, 0.29) is 17.7 Å². The van der Waals surface area contributed by atoms with Crippen LogP contribution in [0.1, 0.15) is 30.2 Å². The number of fused-ring (bicyclic) bond motifs is 1. The molecule has 0 aliphatic heterocycles. The number of carbonyl (C=O) groups is 2. The number of rotatable bonds is 5.